The maximum absolute atomic E-state index is 12.0. The Hall–Kier alpha value is -1.64. The molecule has 102 valence electrons. The summed E-state index contributed by atoms with van der Waals surface area (Å²) < 4.78 is 6.26. The Bertz CT molecular complexity index is 673. The fourth-order valence-electron chi connectivity index (χ4n) is 1.65. The van der Waals surface area contributed by atoms with Crippen LogP contribution in [0.3, 0.4) is 0 Å². The van der Waals surface area contributed by atoms with E-state index in [1.807, 2.05) is 18.2 Å². The molecular weight excluding hydrogens is 338 g/mol. The number of nitriles is 1. The van der Waals surface area contributed by atoms with Crippen molar-refractivity contribution in [3.8, 4) is 11.8 Å². The summed E-state index contributed by atoms with van der Waals surface area (Å²) in [6.45, 7) is 2.00. The Balaban J connectivity index is 2.05. The predicted octanol–water partition coefficient (Wildman–Crippen LogP) is 4.21. The molecule has 0 saturated carbocycles. The van der Waals surface area contributed by atoms with Crippen LogP contribution in [0.15, 0.2) is 34.8 Å². The van der Waals surface area contributed by atoms with Crippen molar-refractivity contribution in [3.05, 3.63) is 50.1 Å². The summed E-state index contributed by atoms with van der Waals surface area (Å²) in [6, 6.07) is 11.0. The number of aryl methyl sites for hydroxylation is 1. The van der Waals surface area contributed by atoms with Crippen LogP contribution >= 0.6 is 27.3 Å². The summed E-state index contributed by atoms with van der Waals surface area (Å²) in [5, 5.41) is 9.03. The third kappa shape index (κ3) is 3.47. The average molecular weight is 350 g/mol. The quantitative estimate of drug-likeness (QED) is 0.759. The topological polar surface area (TPSA) is 50.1 Å². The summed E-state index contributed by atoms with van der Waals surface area (Å²) in [4.78, 5) is 13.9. The largest absolute Gasteiger partial charge is 0.484 e. The molecule has 0 radical (unpaired) electrons. The van der Waals surface area contributed by atoms with E-state index in [2.05, 4.69) is 22.9 Å². The van der Waals surface area contributed by atoms with Crippen molar-refractivity contribution in [2.24, 2.45) is 0 Å². The molecular formula is C15H12BrNO2S. The van der Waals surface area contributed by atoms with Crippen LogP contribution < -0.4 is 4.74 Å². The highest BCUT2D eigenvalue weighted by atomic mass is 79.9. The van der Waals surface area contributed by atoms with Crippen LogP contribution in [0.4, 0.5) is 0 Å². The van der Waals surface area contributed by atoms with Crippen LogP contribution in [0, 0.1) is 11.3 Å². The van der Waals surface area contributed by atoms with Gasteiger partial charge in [-0.1, -0.05) is 22.9 Å². The van der Waals surface area contributed by atoms with E-state index >= 15 is 0 Å². The standard InChI is InChI=1S/C15H12BrNO2S/c1-2-12-4-6-15(20-12)13(18)9-19-14-5-3-11(16)7-10(14)8-17/h3-7H,2,9H2,1H3. The van der Waals surface area contributed by atoms with E-state index in [4.69, 9.17) is 10.00 Å². The molecule has 3 nitrogen and oxygen atoms in total. The number of benzene rings is 1. The Morgan fingerprint density at radius 3 is 2.85 bits per heavy atom. The minimum atomic E-state index is -0.0680. The molecule has 20 heavy (non-hydrogen) atoms. The highest BCUT2D eigenvalue weighted by Gasteiger charge is 2.11. The minimum Gasteiger partial charge on any atom is -0.484 e. The minimum absolute atomic E-state index is 0.0556. The van der Waals surface area contributed by atoms with Crippen molar-refractivity contribution >= 4 is 33.0 Å². The first-order valence-electron chi connectivity index (χ1n) is 6.08. The van der Waals surface area contributed by atoms with Gasteiger partial charge >= 0.3 is 0 Å². The molecule has 0 fully saturated rings. The van der Waals surface area contributed by atoms with Gasteiger partial charge in [-0.05, 0) is 36.8 Å². The van der Waals surface area contributed by atoms with E-state index in [0.29, 0.717) is 16.2 Å². The van der Waals surface area contributed by atoms with Gasteiger partial charge in [0, 0.05) is 9.35 Å². The van der Waals surface area contributed by atoms with E-state index in [1.165, 1.54) is 16.2 Å². The molecule has 1 aromatic carbocycles. The number of ether oxygens (including phenoxy) is 1. The van der Waals surface area contributed by atoms with Gasteiger partial charge in [0.25, 0.3) is 0 Å². The van der Waals surface area contributed by atoms with Crippen molar-refractivity contribution in [1.82, 2.24) is 0 Å². The number of rotatable bonds is 5. The van der Waals surface area contributed by atoms with Crippen molar-refractivity contribution in [2.45, 2.75) is 13.3 Å². The third-order valence-electron chi connectivity index (χ3n) is 2.71. The Morgan fingerprint density at radius 1 is 1.40 bits per heavy atom. The Morgan fingerprint density at radius 2 is 2.20 bits per heavy atom. The summed E-state index contributed by atoms with van der Waals surface area (Å²) in [5.41, 5.74) is 0.410. The predicted molar refractivity (Wildman–Crippen MR) is 82.4 cm³/mol. The number of ketones is 1. The second kappa shape index (κ2) is 6.69. The van der Waals surface area contributed by atoms with E-state index in [9.17, 15) is 4.79 Å². The molecule has 0 spiro atoms. The van der Waals surface area contributed by atoms with Gasteiger partial charge in [-0.25, -0.2) is 0 Å². The van der Waals surface area contributed by atoms with Crippen LogP contribution in [0.25, 0.3) is 0 Å². The SMILES string of the molecule is CCc1ccc(C(=O)COc2ccc(Br)cc2C#N)s1. The second-order valence-electron chi connectivity index (χ2n) is 4.08. The number of carbonyl (C=O) groups excluding carboxylic acids is 1. The van der Waals surface area contributed by atoms with E-state index in [1.54, 1.807) is 18.2 Å². The van der Waals surface area contributed by atoms with Crippen molar-refractivity contribution in [3.63, 3.8) is 0 Å². The van der Waals surface area contributed by atoms with Crippen LogP contribution in [0.2, 0.25) is 0 Å². The molecule has 5 heteroatoms. The first-order valence-corrected chi connectivity index (χ1v) is 7.69. The van der Waals surface area contributed by atoms with Gasteiger partial charge in [-0.15, -0.1) is 11.3 Å². The molecule has 1 heterocycles. The zero-order chi connectivity index (χ0) is 14.5. The highest BCUT2D eigenvalue weighted by Crippen LogP contribution is 2.23. The molecule has 0 bridgehead atoms. The zero-order valence-electron chi connectivity index (χ0n) is 10.9. The lowest BCUT2D eigenvalue weighted by Crippen LogP contribution is -2.10. The Kier molecular flexibility index (Phi) is 4.94. The number of nitrogens with zero attached hydrogens (tertiary/aromatic N) is 1. The van der Waals surface area contributed by atoms with Crippen molar-refractivity contribution in [2.75, 3.05) is 6.61 Å². The van der Waals surface area contributed by atoms with Crippen molar-refractivity contribution in [1.29, 1.82) is 5.26 Å². The maximum atomic E-state index is 12.0. The first-order chi connectivity index (χ1) is 9.63. The molecule has 2 aromatic rings. The van der Waals surface area contributed by atoms with Crippen molar-refractivity contribution < 1.29 is 9.53 Å². The molecule has 0 atom stereocenters. The van der Waals surface area contributed by atoms with E-state index in [0.717, 1.165) is 10.9 Å². The van der Waals surface area contributed by atoms with Crippen LogP contribution in [0.1, 0.15) is 27.0 Å². The molecule has 0 aliphatic rings. The lowest BCUT2D eigenvalue weighted by molar-refractivity contribution is 0.0925. The smallest absolute Gasteiger partial charge is 0.210 e. The lowest BCUT2D eigenvalue weighted by Gasteiger charge is -2.06. The van der Waals surface area contributed by atoms with Gasteiger partial charge < -0.3 is 4.74 Å². The van der Waals surface area contributed by atoms with Gasteiger partial charge in [0.2, 0.25) is 5.78 Å². The molecule has 0 N–H and O–H groups in total. The first kappa shape index (κ1) is 14.8. The lowest BCUT2D eigenvalue weighted by atomic mass is 10.2. The van der Waals surface area contributed by atoms with E-state index in [-0.39, 0.29) is 12.4 Å². The number of Topliss-reactive ketones (excluding diaryl/α,β-unsaturated/α-hetero) is 1. The van der Waals surface area contributed by atoms with Gasteiger partial charge in [0.15, 0.2) is 6.61 Å². The normalized spacial score (nSPS) is 10.1. The van der Waals surface area contributed by atoms with E-state index < -0.39 is 0 Å². The van der Waals surface area contributed by atoms with Gasteiger partial charge in [0.1, 0.15) is 11.8 Å². The third-order valence-corrected chi connectivity index (χ3v) is 4.47. The molecule has 2 rings (SSSR count). The molecule has 0 amide bonds. The van der Waals surface area contributed by atoms with Gasteiger partial charge in [-0.3, -0.25) is 4.79 Å². The number of carbonyl (C=O) groups is 1. The number of thiophene rings is 1. The fraction of sp³-hybridized carbons (Fsp3) is 0.200. The molecule has 0 aliphatic heterocycles. The fourth-order valence-corrected chi connectivity index (χ4v) is 2.88. The number of hydrogen-bond acceptors (Lipinski definition) is 4. The highest BCUT2D eigenvalue weighted by molar-refractivity contribution is 9.10. The van der Waals surface area contributed by atoms with Crippen LogP contribution in [-0.4, -0.2) is 12.4 Å². The summed E-state index contributed by atoms with van der Waals surface area (Å²) in [6.07, 6.45) is 0.921. The summed E-state index contributed by atoms with van der Waals surface area (Å²) >= 11 is 4.78. The molecule has 0 unspecified atom stereocenters. The zero-order valence-corrected chi connectivity index (χ0v) is 13.3. The Labute approximate surface area is 129 Å². The number of hydrogen-bond donors (Lipinski definition) is 0. The maximum Gasteiger partial charge on any atom is 0.210 e. The average Bonchev–Trinajstić information content (AvgIpc) is 2.94. The monoisotopic (exact) mass is 349 g/mol. The second-order valence-corrected chi connectivity index (χ2v) is 6.17. The van der Waals surface area contributed by atoms with Crippen LogP contribution in [-0.2, 0) is 6.42 Å². The molecule has 0 aliphatic carbocycles. The molecule has 0 saturated heterocycles. The van der Waals surface area contributed by atoms with Gasteiger partial charge in [0.05, 0.1) is 10.4 Å². The van der Waals surface area contributed by atoms with Gasteiger partial charge in [-0.2, -0.15) is 5.26 Å². The molecule has 1 aromatic heterocycles. The summed E-state index contributed by atoms with van der Waals surface area (Å²) in [7, 11) is 0. The number of halogens is 1. The summed E-state index contributed by atoms with van der Waals surface area (Å²) in [5.74, 6) is 0.359. The van der Waals surface area contributed by atoms with Crippen LogP contribution in [0.5, 0.6) is 5.75 Å².